The van der Waals surface area contributed by atoms with E-state index in [1.165, 1.54) is 76.1 Å². The van der Waals surface area contributed by atoms with E-state index >= 15 is 0 Å². The molecule has 62 heavy (non-hydrogen) atoms. The van der Waals surface area contributed by atoms with Crippen LogP contribution in [-0.4, -0.2) is 0 Å². The molecule has 0 fully saturated rings. The molecule has 2 nitrogen and oxygen atoms in total. The predicted molar refractivity (Wildman–Crippen MR) is 265 cm³/mol. The van der Waals surface area contributed by atoms with Crippen LogP contribution >= 0.6 is 0 Å². The Morgan fingerprint density at radius 3 is 0.823 bits per heavy atom. The Balaban J connectivity index is 1.04. The Kier molecular flexibility index (Phi) is 8.53. The van der Waals surface area contributed by atoms with E-state index in [-0.39, 0.29) is 0 Å². The van der Waals surface area contributed by atoms with E-state index < -0.39 is 0 Å². The van der Waals surface area contributed by atoms with Gasteiger partial charge in [-0.25, -0.2) is 0 Å². The van der Waals surface area contributed by atoms with Crippen LogP contribution in [0.5, 0.6) is 0 Å². The summed E-state index contributed by atoms with van der Waals surface area (Å²) in [4.78, 5) is 4.74. The van der Waals surface area contributed by atoms with E-state index in [2.05, 4.69) is 252 Å². The van der Waals surface area contributed by atoms with Crippen LogP contribution in [0.1, 0.15) is 0 Å². The van der Waals surface area contributed by atoms with Crippen molar-refractivity contribution in [2.24, 2.45) is 0 Å². The van der Waals surface area contributed by atoms with Crippen molar-refractivity contribution in [2.45, 2.75) is 0 Å². The second kappa shape index (κ2) is 14.8. The highest BCUT2D eigenvalue weighted by atomic mass is 15.1. The van der Waals surface area contributed by atoms with Crippen molar-refractivity contribution in [1.29, 1.82) is 0 Å². The fraction of sp³-hybridized carbons (Fsp3) is 0. The molecule has 0 aromatic heterocycles. The monoisotopic (exact) mass is 788 g/mol. The minimum absolute atomic E-state index is 1.13. The maximum atomic E-state index is 2.37. The van der Waals surface area contributed by atoms with E-state index in [1.807, 2.05) is 0 Å². The molecule has 0 heterocycles. The van der Waals surface area contributed by atoms with Crippen molar-refractivity contribution in [1.82, 2.24) is 0 Å². The SMILES string of the molecule is c1ccc(N(c2ccccc2)c2ccc(-c3ccc4ccc5c(-c6ccc(N(c7ccccc7)c7ccccc7)c7ccccc67)ccc6ccc3c4c65)c3ccccc23)cc1. The van der Waals surface area contributed by atoms with Crippen molar-refractivity contribution in [3.63, 3.8) is 0 Å². The number of hydrogen-bond acceptors (Lipinski definition) is 2. The van der Waals surface area contributed by atoms with Gasteiger partial charge in [0.25, 0.3) is 0 Å². The van der Waals surface area contributed by atoms with Crippen LogP contribution in [0.4, 0.5) is 34.1 Å². The molecular formula is C60H40N2. The van der Waals surface area contributed by atoms with Crippen LogP contribution in [-0.2, 0) is 0 Å². The van der Waals surface area contributed by atoms with E-state index in [9.17, 15) is 0 Å². The molecule has 0 radical (unpaired) electrons. The second-order valence-corrected chi connectivity index (χ2v) is 16.0. The molecule has 12 aromatic carbocycles. The summed E-state index contributed by atoms with van der Waals surface area (Å²) >= 11 is 0. The fourth-order valence-corrected chi connectivity index (χ4v) is 9.86. The lowest BCUT2D eigenvalue weighted by Crippen LogP contribution is -2.10. The maximum Gasteiger partial charge on any atom is 0.0540 e. The summed E-state index contributed by atoms with van der Waals surface area (Å²) in [6.07, 6.45) is 0. The van der Waals surface area contributed by atoms with Gasteiger partial charge in [-0.3, -0.25) is 0 Å². The van der Waals surface area contributed by atoms with E-state index in [4.69, 9.17) is 0 Å². The number of para-hydroxylation sites is 4. The molecule has 0 aliphatic carbocycles. The minimum Gasteiger partial charge on any atom is -0.310 e. The number of benzene rings is 12. The van der Waals surface area contributed by atoms with Crippen molar-refractivity contribution < 1.29 is 0 Å². The zero-order chi connectivity index (χ0) is 41.0. The van der Waals surface area contributed by atoms with Gasteiger partial charge in [-0.05, 0) is 126 Å². The average Bonchev–Trinajstić information content (AvgIpc) is 3.35. The molecule has 0 atom stereocenters. The Bertz CT molecular complexity index is 3250. The molecule has 2 heteroatoms. The standard InChI is InChI=1S/C60H40N2/c1-5-17-43(18-6-1)61(44-19-7-2-8-20-44)57-39-37-49(47-25-13-15-27-53(47)57)51-33-29-41-32-36-56-52(34-30-42-31-35-55(51)59(41)60(42)56)50-38-40-58(54-28-16-14-26-48(50)54)62(45-21-9-3-10-22-45)46-23-11-4-12-24-46/h1-40H. The molecule has 0 saturated heterocycles. The topological polar surface area (TPSA) is 6.48 Å². The highest BCUT2D eigenvalue weighted by Crippen LogP contribution is 2.48. The van der Waals surface area contributed by atoms with E-state index in [0.29, 0.717) is 0 Å². The van der Waals surface area contributed by atoms with Crippen LogP contribution in [0.2, 0.25) is 0 Å². The molecule has 12 aromatic rings. The molecule has 0 aliphatic heterocycles. The molecule has 0 spiro atoms. The quantitative estimate of drug-likeness (QED) is 0.142. The third-order valence-electron chi connectivity index (χ3n) is 12.6. The van der Waals surface area contributed by atoms with Gasteiger partial charge in [-0.2, -0.15) is 0 Å². The largest absolute Gasteiger partial charge is 0.310 e. The summed E-state index contributed by atoms with van der Waals surface area (Å²) in [5.41, 5.74) is 11.7. The molecular weight excluding hydrogens is 749 g/mol. The summed E-state index contributed by atoms with van der Waals surface area (Å²) in [6, 6.07) is 88.3. The predicted octanol–water partition coefficient (Wildman–Crippen LogP) is 17.2. The second-order valence-electron chi connectivity index (χ2n) is 16.0. The van der Waals surface area contributed by atoms with Crippen molar-refractivity contribution in [3.05, 3.63) is 243 Å². The smallest absolute Gasteiger partial charge is 0.0540 e. The maximum absolute atomic E-state index is 2.37. The normalized spacial score (nSPS) is 11.5. The summed E-state index contributed by atoms with van der Waals surface area (Å²) in [5.74, 6) is 0. The first-order chi connectivity index (χ1) is 30.8. The average molecular weight is 789 g/mol. The first kappa shape index (κ1) is 35.7. The number of rotatable bonds is 8. The lowest BCUT2D eigenvalue weighted by Gasteiger charge is -2.27. The minimum atomic E-state index is 1.13. The van der Waals surface area contributed by atoms with Crippen molar-refractivity contribution in [3.8, 4) is 22.3 Å². The number of nitrogens with zero attached hydrogens (tertiary/aromatic N) is 2. The fourth-order valence-electron chi connectivity index (χ4n) is 9.86. The highest BCUT2D eigenvalue weighted by Gasteiger charge is 2.22. The van der Waals surface area contributed by atoms with Crippen LogP contribution in [0.3, 0.4) is 0 Å². The first-order valence-corrected chi connectivity index (χ1v) is 21.4. The van der Waals surface area contributed by atoms with E-state index in [1.54, 1.807) is 0 Å². The number of hydrogen-bond donors (Lipinski definition) is 0. The van der Waals surface area contributed by atoms with Crippen LogP contribution in [0, 0.1) is 0 Å². The Hall–Kier alpha value is -8.20. The van der Waals surface area contributed by atoms with Crippen LogP contribution in [0.15, 0.2) is 243 Å². The molecule has 290 valence electrons. The summed E-state index contributed by atoms with van der Waals surface area (Å²) in [5, 5.41) is 12.5. The molecule has 0 saturated carbocycles. The molecule has 0 aliphatic rings. The lowest BCUT2D eigenvalue weighted by atomic mass is 9.85. The van der Waals surface area contributed by atoms with Crippen LogP contribution < -0.4 is 9.80 Å². The zero-order valence-electron chi connectivity index (χ0n) is 34.0. The first-order valence-electron chi connectivity index (χ1n) is 21.4. The van der Waals surface area contributed by atoms with Gasteiger partial charge in [0.15, 0.2) is 0 Å². The van der Waals surface area contributed by atoms with Crippen molar-refractivity contribution in [2.75, 3.05) is 9.80 Å². The van der Waals surface area contributed by atoms with Gasteiger partial charge in [0.05, 0.1) is 11.4 Å². The van der Waals surface area contributed by atoms with Gasteiger partial charge in [0.2, 0.25) is 0 Å². The Labute approximate surface area is 361 Å². The summed E-state index contributed by atoms with van der Waals surface area (Å²) in [7, 11) is 0. The third kappa shape index (κ3) is 5.80. The third-order valence-corrected chi connectivity index (χ3v) is 12.6. The van der Waals surface area contributed by atoms with Gasteiger partial charge < -0.3 is 9.80 Å². The van der Waals surface area contributed by atoms with Crippen LogP contribution in [0.25, 0.3) is 76.1 Å². The van der Waals surface area contributed by atoms with Gasteiger partial charge in [0, 0.05) is 33.5 Å². The summed E-state index contributed by atoms with van der Waals surface area (Å²) < 4.78 is 0. The Morgan fingerprint density at radius 1 is 0.194 bits per heavy atom. The lowest BCUT2D eigenvalue weighted by molar-refractivity contribution is 1.30. The molecule has 0 N–H and O–H groups in total. The van der Waals surface area contributed by atoms with Gasteiger partial charge >= 0.3 is 0 Å². The van der Waals surface area contributed by atoms with E-state index in [0.717, 1.165) is 34.1 Å². The van der Waals surface area contributed by atoms with Gasteiger partial charge in [-0.15, -0.1) is 0 Å². The summed E-state index contributed by atoms with van der Waals surface area (Å²) in [6.45, 7) is 0. The molecule has 0 amide bonds. The highest BCUT2D eigenvalue weighted by molar-refractivity contribution is 6.29. The Morgan fingerprint density at radius 2 is 0.468 bits per heavy atom. The molecule has 0 bridgehead atoms. The zero-order valence-corrected chi connectivity index (χ0v) is 34.0. The van der Waals surface area contributed by atoms with Gasteiger partial charge in [0.1, 0.15) is 0 Å². The number of fused-ring (bicyclic) bond motifs is 2. The van der Waals surface area contributed by atoms with Gasteiger partial charge in [-0.1, -0.05) is 182 Å². The molecule has 0 unspecified atom stereocenters. The molecule has 12 rings (SSSR count). The number of anilines is 6. The van der Waals surface area contributed by atoms with Crippen molar-refractivity contribution >= 4 is 88.0 Å².